The number of nitrogens with zero attached hydrogens (tertiary/aromatic N) is 2. The molecule has 1 aromatic rings. The largest absolute Gasteiger partial charge is 0.308 e. The third kappa shape index (κ3) is 2.61. The number of rotatable bonds is 4. The van der Waals surface area contributed by atoms with Gasteiger partial charge in [0.05, 0.1) is 11.4 Å². The minimum Gasteiger partial charge on any atom is -0.308 e. The topological polar surface area (TPSA) is 63.8 Å². The molecule has 0 saturated heterocycles. The van der Waals surface area contributed by atoms with E-state index in [1.165, 1.54) is 5.56 Å². The Labute approximate surface area is 104 Å². The Morgan fingerprint density at radius 1 is 1.44 bits per heavy atom. The molecule has 4 nitrogen and oxygen atoms in total. The van der Waals surface area contributed by atoms with Gasteiger partial charge < -0.3 is 5.43 Å². The number of aromatic nitrogens is 2. The highest BCUT2D eigenvalue weighted by atomic mass is 32.2. The first kappa shape index (κ1) is 12.0. The van der Waals surface area contributed by atoms with Crippen LogP contribution in [0, 0.1) is 0 Å². The molecular weight excluding hydrogens is 240 g/mol. The van der Waals surface area contributed by atoms with Crippen LogP contribution in [-0.4, -0.2) is 15.2 Å². The molecule has 3 N–H and O–H groups in total. The van der Waals surface area contributed by atoms with E-state index in [4.69, 9.17) is 5.84 Å². The second-order valence-corrected chi connectivity index (χ2v) is 6.46. The number of nitrogens with two attached hydrogens (primary N) is 1. The lowest BCUT2D eigenvalue weighted by molar-refractivity contribution is 0.965. The molecule has 1 aliphatic rings. The maximum atomic E-state index is 5.49. The van der Waals surface area contributed by atoms with Crippen LogP contribution in [0.1, 0.15) is 30.9 Å². The van der Waals surface area contributed by atoms with Gasteiger partial charge in [0.15, 0.2) is 0 Å². The maximum absolute atomic E-state index is 5.49. The van der Waals surface area contributed by atoms with Crippen molar-refractivity contribution in [2.45, 2.75) is 36.4 Å². The highest BCUT2D eigenvalue weighted by Crippen LogP contribution is 2.32. The number of anilines is 1. The molecule has 0 atom stereocenters. The second kappa shape index (κ2) is 5.25. The summed E-state index contributed by atoms with van der Waals surface area (Å²) in [5.41, 5.74) is 5.00. The fraction of sp³-hybridized carbons (Fsp3) is 0.600. The van der Waals surface area contributed by atoms with Gasteiger partial charge in [0.2, 0.25) is 0 Å². The quantitative estimate of drug-likeness (QED) is 0.636. The van der Waals surface area contributed by atoms with E-state index in [1.807, 2.05) is 23.5 Å². The van der Waals surface area contributed by atoms with Gasteiger partial charge in [0, 0.05) is 17.1 Å². The summed E-state index contributed by atoms with van der Waals surface area (Å²) < 4.78 is 0. The molecule has 2 heterocycles. The molecule has 0 amide bonds. The van der Waals surface area contributed by atoms with Gasteiger partial charge in [-0.2, -0.15) is 23.5 Å². The van der Waals surface area contributed by atoms with E-state index < -0.39 is 0 Å². The molecule has 88 valence electrons. The van der Waals surface area contributed by atoms with Crippen LogP contribution in [0.3, 0.4) is 0 Å². The van der Waals surface area contributed by atoms with Gasteiger partial charge in [-0.1, -0.05) is 13.8 Å². The fourth-order valence-electron chi connectivity index (χ4n) is 1.53. The van der Waals surface area contributed by atoms with E-state index in [1.54, 1.807) is 0 Å². The average Bonchev–Trinajstić information content (AvgIpc) is 2.73. The van der Waals surface area contributed by atoms with Gasteiger partial charge in [0.25, 0.3) is 0 Å². The predicted octanol–water partition coefficient (Wildman–Crippen LogP) is 2.15. The lowest BCUT2D eigenvalue weighted by atomic mass is 10.2. The van der Waals surface area contributed by atoms with Crippen molar-refractivity contribution >= 4 is 29.3 Å². The van der Waals surface area contributed by atoms with E-state index in [0.29, 0.717) is 5.25 Å². The Hall–Kier alpha value is -0.460. The third-order valence-electron chi connectivity index (χ3n) is 2.31. The minimum absolute atomic E-state index is 0.598. The van der Waals surface area contributed by atoms with Gasteiger partial charge in [-0.15, -0.1) is 0 Å². The van der Waals surface area contributed by atoms with Gasteiger partial charge in [-0.05, 0) is 5.25 Å². The summed E-state index contributed by atoms with van der Waals surface area (Å²) in [7, 11) is 0. The summed E-state index contributed by atoms with van der Waals surface area (Å²) >= 11 is 3.71. The van der Waals surface area contributed by atoms with Crippen LogP contribution >= 0.6 is 23.5 Å². The zero-order valence-corrected chi connectivity index (χ0v) is 11.1. The number of nitrogens with one attached hydrogen (secondary N) is 1. The molecule has 0 spiro atoms. The number of nitrogen functional groups attached to an aromatic ring is 1. The molecule has 0 saturated carbocycles. The lowest BCUT2D eigenvalue weighted by Crippen LogP contribution is -2.13. The van der Waals surface area contributed by atoms with Gasteiger partial charge in [0.1, 0.15) is 11.6 Å². The summed E-state index contributed by atoms with van der Waals surface area (Å²) in [6, 6.07) is 0. The van der Waals surface area contributed by atoms with Crippen molar-refractivity contribution in [3.8, 4) is 0 Å². The van der Waals surface area contributed by atoms with Crippen LogP contribution in [0.15, 0.2) is 0 Å². The predicted molar refractivity (Wildman–Crippen MR) is 71.3 cm³/mol. The summed E-state index contributed by atoms with van der Waals surface area (Å²) in [5.74, 6) is 9.97. The smallest absolute Gasteiger partial charge is 0.148 e. The molecule has 0 aliphatic carbocycles. The molecule has 0 fully saturated rings. The van der Waals surface area contributed by atoms with Gasteiger partial charge in [-0.3, -0.25) is 0 Å². The summed E-state index contributed by atoms with van der Waals surface area (Å²) in [6.07, 6.45) is 0. The zero-order valence-electron chi connectivity index (χ0n) is 9.49. The van der Waals surface area contributed by atoms with Crippen molar-refractivity contribution in [3.05, 3.63) is 17.1 Å². The van der Waals surface area contributed by atoms with Crippen molar-refractivity contribution in [2.75, 3.05) is 5.43 Å². The van der Waals surface area contributed by atoms with Crippen LogP contribution in [0.2, 0.25) is 0 Å². The Morgan fingerprint density at radius 2 is 2.25 bits per heavy atom. The number of hydrogen-bond donors (Lipinski definition) is 2. The number of hydrazine groups is 1. The molecule has 6 heteroatoms. The van der Waals surface area contributed by atoms with E-state index in [9.17, 15) is 0 Å². The first-order valence-corrected chi connectivity index (χ1v) is 7.45. The van der Waals surface area contributed by atoms with Crippen molar-refractivity contribution < 1.29 is 0 Å². The molecular formula is C10H16N4S2. The number of thioether (sulfide) groups is 2. The van der Waals surface area contributed by atoms with Gasteiger partial charge >= 0.3 is 0 Å². The molecule has 2 rings (SSSR count). The van der Waals surface area contributed by atoms with Crippen molar-refractivity contribution in [3.63, 3.8) is 0 Å². The number of hydrogen-bond acceptors (Lipinski definition) is 6. The van der Waals surface area contributed by atoms with Gasteiger partial charge in [-0.25, -0.2) is 15.8 Å². The summed E-state index contributed by atoms with van der Waals surface area (Å²) in [6.45, 7) is 4.35. The van der Waals surface area contributed by atoms with E-state index in [-0.39, 0.29) is 0 Å². The zero-order chi connectivity index (χ0) is 11.5. The van der Waals surface area contributed by atoms with E-state index in [2.05, 4.69) is 29.2 Å². The van der Waals surface area contributed by atoms with E-state index >= 15 is 0 Å². The van der Waals surface area contributed by atoms with Crippen molar-refractivity contribution in [2.24, 2.45) is 5.84 Å². The van der Waals surface area contributed by atoms with Crippen LogP contribution < -0.4 is 11.3 Å². The summed E-state index contributed by atoms with van der Waals surface area (Å²) in [5, 5.41) is 0.598. The first-order valence-electron chi connectivity index (χ1n) is 5.25. The molecule has 0 bridgehead atoms. The highest BCUT2D eigenvalue weighted by molar-refractivity contribution is 7.99. The first-order chi connectivity index (χ1) is 7.70. The second-order valence-electron chi connectivity index (χ2n) is 3.91. The molecule has 1 aliphatic heterocycles. The van der Waals surface area contributed by atoms with Crippen molar-refractivity contribution in [1.29, 1.82) is 0 Å². The Balaban J connectivity index is 2.20. The standard InChI is InChI=1S/C10H16N4S2/c1-6(2)16-5-9-12-8-4-15-3-7(8)10(13-9)14-11/h6H,3-5,11H2,1-2H3,(H,12,13,14). The highest BCUT2D eigenvalue weighted by Gasteiger charge is 2.19. The monoisotopic (exact) mass is 256 g/mol. The van der Waals surface area contributed by atoms with E-state index in [0.717, 1.165) is 34.6 Å². The van der Waals surface area contributed by atoms with Crippen LogP contribution in [0.5, 0.6) is 0 Å². The maximum Gasteiger partial charge on any atom is 0.148 e. The molecule has 0 radical (unpaired) electrons. The third-order valence-corrected chi connectivity index (χ3v) is 4.37. The Morgan fingerprint density at radius 3 is 2.94 bits per heavy atom. The number of fused-ring (bicyclic) bond motifs is 1. The normalized spacial score (nSPS) is 14.2. The summed E-state index contributed by atoms with van der Waals surface area (Å²) in [4.78, 5) is 9.04. The average molecular weight is 256 g/mol. The SMILES string of the molecule is CC(C)SCc1nc2c(c(NN)n1)CSC2. The Kier molecular flexibility index (Phi) is 3.94. The van der Waals surface area contributed by atoms with Crippen LogP contribution in [0.4, 0.5) is 5.82 Å². The molecule has 1 aromatic heterocycles. The molecule has 0 unspecified atom stereocenters. The van der Waals surface area contributed by atoms with Crippen LogP contribution in [-0.2, 0) is 17.3 Å². The minimum atomic E-state index is 0.598. The Bertz CT molecular complexity index is 381. The van der Waals surface area contributed by atoms with Crippen LogP contribution in [0.25, 0.3) is 0 Å². The molecule has 16 heavy (non-hydrogen) atoms. The molecule has 0 aromatic carbocycles. The van der Waals surface area contributed by atoms with Crippen molar-refractivity contribution in [1.82, 2.24) is 9.97 Å². The fourth-order valence-corrected chi connectivity index (χ4v) is 3.18. The lowest BCUT2D eigenvalue weighted by Gasteiger charge is -2.09.